The first kappa shape index (κ1) is 25.4. The van der Waals surface area contributed by atoms with Crippen molar-refractivity contribution in [3.8, 4) is 6.07 Å². The summed E-state index contributed by atoms with van der Waals surface area (Å²) in [4.78, 5) is 27.2. The quantitative estimate of drug-likeness (QED) is 0.408. The van der Waals surface area contributed by atoms with Gasteiger partial charge in [0, 0.05) is 31.9 Å². The van der Waals surface area contributed by atoms with E-state index in [0.29, 0.717) is 36.7 Å². The largest absolute Gasteiger partial charge is 0.464 e. The fraction of sp³-hybridized carbons (Fsp3) is 0.448. The molecule has 0 radical (unpaired) electrons. The molecule has 0 bridgehead atoms. The van der Waals surface area contributed by atoms with E-state index >= 15 is 0 Å². The third kappa shape index (κ3) is 5.28. The summed E-state index contributed by atoms with van der Waals surface area (Å²) in [6, 6.07) is 16.1. The van der Waals surface area contributed by atoms with Crippen molar-refractivity contribution in [1.29, 1.82) is 5.26 Å². The number of nitrogens with zero attached hydrogens (tertiary/aromatic N) is 5. The summed E-state index contributed by atoms with van der Waals surface area (Å²) in [5, 5.41) is 10.0. The molecule has 1 unspecified atom stereocenters. The molecule has 0 N–H and O–H groups in total. The molecule has 7 nitrogen and oxygen atoms in total. The van der Waals surface area contributed by atoms with Crippen LogP contribution in [0, 0.1) is 31.1 Å². The Hall–Kier alpha value is -3.66. The summed E-state index contributed by atoms with van der Waals surface area (Å²) >= 11 is 0. The van der Waals surface area contributed by atoms with Gasteiger partial charge in [-0.3, -0.25) is 4.79 Å². The van der Waals surface area contributed by atoms with Crippen LogP contribution >= 0.6 is 0 Å². The number of nitriles is 1. The van der Waals surface area contributed by atoms with Crippen molar-refractivity contribution >= 4 is 28.5 Å². The maximum Gasteiger partial charge on any atom is 0.329 e. The fourth-order valence-corrected chi connectivity index (χ4v) is 4.70. The van der Waals surface area contributed by atoms with Gasteiger partial charge in [0.2, 0.25) is 0 Å². The number of ether oxygens (including phenoxy) is 1. The highest BCUT2D eigenvalue weighted by Gasteiger charge is 2.32. The second-order valence-electron chi connectivity index (χ2n) is 9.49. The van der Waals surface area contributed by atoms with Gasteiger partial charge in [-0.15, -0.1) is 0 Å². The number of fused-ring (bicyclic) bond motifs is 1. The van der Waals surface area contributed by atoms with Crippen LogP contribution in [0.25, 0.3) is 11.0 Å². The van der Waals surface area contributed by atoms with E-state index in [1.54, 1.807) is 0 Å². The van der Waals surface area contributed by atoms with Crippen molar-refractivity contribution in [3.05, 3.63) is 59.3 Å². The fourth-order valence-electron chi connectivity index (χ4n) is 4.70. The van der Waals surface area contributed by atoms with Crippen molar-refractivity contribution in [2.24, 2.45) is 5.92 Å². The number of carbonyl (C=O) groups is 1. The lowest BCUT2D eigenvalue weighted by Gasteiger charge is -2.38. The average molecular weight is 486 g/mol. The third-order valence-corrected chi connectivity index (χ3v) is 7.33. The number of piperazine rings is 1. The van der Waals surface area contributed by atoms with Crippen LogP contribution in [-0.2, 0) is 9.53 Å². The topological polar surface area (TPSA) is 82.3 Å². The zero-order valence-electron chi connectivity index (χ0n) is 21.7. The number of para-hydroxylation sites is 2. The van der Waals surface area contributed by atoms with Gasteiger partial charge in [-0.05, 0) is 49.1 Å². The molecule has 0 amide bonds. The Bertz CT molecular complexity index is 1260. The van der Waals surface area contributed by atoms with E-state index in [1.165, 1.54) is 16.8 Å². The number of aromatic nitrogens is 2. The van der Waals surface area contributed by atoms with E-state index in [9.17, 15) is 10.1 Å². The van der Waals surface area contributed by atoms with Crippen molar-refractivity contribution < 1.29 is 9.53 Å². The van der Waals surface area contributed by atoms with Crippen LogP contribution in [-0.4, -0.2) is 48.7 Å². The Morgan fingerprint density at radius 2 is 1.61 bits per heavy atom. The Labute approximate surface area is 213 Å². The van der Waals surface area contributed by atoms with Crippen LogP contribution in [0.1, 0.15) is 49.4 Å². The summed E-state index contributed by atoms with van der Waals surface area (Å²) in [6.07, 6.45) is 1.85. The normalized spacial score (nSPS) is 14.7. The standard InChI is InChI=1S/C29H35N5O2/c1-5-22(6-2)19-36-29(35)23(18-30)27-28(32-25-12-8-7-11-24(25)31-27)34-16-14-33(15-17-34)26-13-9-10-20(3)21(26)4/h7-13,22-23H,5-6,14-17,19H2,1-4H3. The number of hydrogen-bond acceptors (Lipinski definition) is 7. The van der Waals surface area contributed by atoms with Gasteiger partial charge in [0.05, 0.1) is 23.7 Å². The van der Waals surface area contributed by atoms with Gasteiger partial charge in [-0.2, -0.15) is 5.26 Å². The van der Waals surface area contributed by atoms with Crippen molar-refractivity contribution in [2.75, 3.05) is 42.6 Å². The summed E-state index contributed by atoms with van der Waals surface area (Å²) in [5.74, 6) is -0.790. The molecule has 188 valence electrons. The van der Waals surface area contributed by atoms with Gasteiger partial charge in [0.25, 0.3) is 0 Å². The SMILES string of the molecule is CCC(CC)COC(=O)C(C#N)c1nc2ccccc2nc1N1CCN(c2cccc(C)c2C)CC1. The first-order valence-electron chi connectivity index (χ1n) is 12.9. The molecule has 1 atom stereocenters. The van der Waals surface area contributed by atoms with Crippen molar-refractivity contribution in [3.63, 3.8) is 0 Å². The number of benzene rings is 2. The molecule has 36 heavy (non-hydrogen) atoms. The Morgan fingerprint density at radius 1 is 0.972 bits per heavy atom. The van der Waals surface area contributed by atoms with E-state index in [0.717, 1.165) is 31.4 Å². The smallest absolute Gasteiger partial charge is 0.329 e. The highest BCUT2D eigenvalue weighted by atomic mass is 16.5. The predicted octanol–water partition coefficient (Wildman–Crippen LogP) is 5.16. The minimum atomic E-state index is -1.12. The molecule has 0 spiro atoms. The second kappa shape index (κ2) is 11.4. The molecule has 1 aliphatic rings. The molecular formula is C29H35N5O2. The second-order valence-corrected chi connectivity index (χ2v) is 9.49. The number of anilines is 2. The zero-order chi connectivity index (χ0) is 25.7. The molecule has 0 saturated carbocycles. The molecule has 2 aromatic carbocycles. The van der Waals surface area contributed by atoms with Crippen LogP contribution in [0.15, 0.2) is 42.5 Å². The van der Waals surface area contributed by atoms with Crippen LogP contribution in [0.2, 0.25) is 0 Å². The number of esters is 1. The van der Waals surface area contributed by atoms with Gasteiger partial charge in [-0.25, -0.2) is 9.97 Å². The van der Waals surface area contributed by atoms with E-state index in [2.05, 4.69) is 61.8 Å². The van der Waals surface area contributed by atoms with E-state index < -0.39 is 11.9 Å². The number of rotatable bonds is 8. The molecule has 0 aliphatic carbocycles. The molecule has 1 saturated heterocycles. The first-order chi connectivity index (χ1) is 17.5. The van der Waals surface area contributed by atoms with Crippen LogP contribution < -0.4 is 9.80 Å². The third-order valence-electron chi connectivity index (χ3n) is 7.33. The zero-order valence-corrected chi connectivity index (χ0v) is 21.7. The van der Waals surface area contributed by atoms with Crippen LogP contribution in [0.5, 0.6) is 0 Å². The Kier molecular flexibility index (Phi) is 8.04. The van der Waals surface area contributed by atoms with Gasteiger partial charge in [0.1, 0.15) is 5.69 Å². The Morgan fingerprint density at radius 3 is 2.25 bits per heavy atom. The number of hydrogen-bond donors (Lipinski definition) is 0. The first-order valence-corrected chi connectivity index (χ1v) is 12.9. The van der Waals surface area contributed by atoms with E-state index in [1.807, 2.05) is 24.3 Å². The number of carbonyl (C=O) groups excluding carboxylic acids is 1. The van der Waals surface area contributed by atoms with Crippen LogP contribution in [0.3, 0.4) is 0 Å². The molecule has 1 fully saturated rings. The molecule has 2 heterocycles. The summed E-state index contributed by atoms with van der Waals surface area (Å²) < 4.78 is 5.59. The average Bonchev–Trinajstić information content (AvgIpc) is 2.91. The Balaban J connectivity index is 1.62. The summed E-state index contributed by atoms with van der Waals surface area (Å²) in [5.41, 5.74) is 5.61. The molecule has 1 aromatic heterocycles. The van der Waals surface area contributed by atoms with Crippen molar-refractivity contribution in [1.82, 2.24) is 9.97 Å². The lowest BCUT2D eigenvalue weighted by molar-refractivity contribution is -0.145. The molecule has 4 rings (SSSR count). The molecule has 1 aliphatic heterocycles. The maximum absolute atomic E-state index is 13.0. The highest BCUT2D eigenvalue weighted by molar-refractivity contribution is 5.85. The van der Waals surface area contributed by atoms with E-state index in [4.69, 9.17) is 14.7 Å². The summed E-state index contributed by atoms with van der Waals surface area (Å²) in [7, 11) is 0. The molecule has 3 aromatic rings. The number of aryl methyl sites for hydroxylation is 1. The molecular weight excluding hydrogens is 450 g/mol. The molecule has 7 heteroatoms. The van der Waals surface area contributed by atoms with E-state index in [-0.39, 0.29) is 5.92 Å². The van der Waals surface area contributed by atoms with Crippen molar-refractivity contribution in [2.45, 2.75) is 46.5 Å². The lowest BCUT2D eigenvalue weighted by Crippen LogP contribution is -2.47. The summed E-state index contributed by atoms with van der Waals surface area (Å²) in [6.45, 7) is 11.8. The monoisotopic (exact) mass is 485 g/mol. The highest BCUT2D eigenvalue weighted by Crippen LogP contribution is 2.30. The van der Waals surface area contributed by atoms with Gasteiger partial charge in [0.15, 0.2) is 11.7 Å². The maximum atomic E-state index is 13.0. The lowest BCUT2D eigenvalue weighted by atomic mass is 10.0. The minimum Gasteiger partial charge on any atom is -0.464 e. The predicted molar refractivity (Wildman–Crippen MR) is 143 cm³/mol. The van der Waals surface area contributed by atoms with Gasteiger partial charge in [-0.1, -0.05) is 51.0 Å². The van der Waals surface area contributed by atoms with Crippen LogP contribution in [0.4, 0.5) is 11.5 Å². The van der Waals surface area contributed by atoms with Gasteiger partial charge < -0.3 is 14.5 Å². The van der Waals surface area contributed by atoms with Gasteiger partial charge >= 0.3 is 5.97 Å². The minimum absolute atomic E-state index is 0.286.